The van der Waals surface area contributed by atoms with Crippen LogP contribution in [0.25, 0.3) is 0 Å². The van der Waals surface area contributed by atoms with E-state index in [4.69, 9.17) is 12.2 Å². The van der Waals surface area contributed by atoms with Gasteiger partial charge in [0.1, 0.15) is 0 Å². The zero-order chi connectivity index (χ0) is 7.56. The maximum absolute atomic E-state index is 10.5. The lowest BCUT2D eigenvalue weighted by Crippen LogP contribution is -2.50. The van der Waals surface area contributed by atoms with Crippen molar-refractivity contribution in [2.24, 2.45) is 5.73 Å². The van der Waals surface area contributed by atoms with E-state index < -0.39 is 0 Å². The molecule has 3 nitrogen and oxygen atoms in total. The third-order valence-corrected chi connectivity index (χ3v) is 1.64. The molecule has 0 heterocycles. The zero-order valence-electron chi connectivity index (χ0n) is 5.63. The summed E-state index contributed by atoms with van der Waals surface area (Å²) in [5.74, 6) is 1.65. The Morgan fingerprint density at radius 3 is 2.70 bits per heavy atom. The van der Waals surface area contributed by atoms with Crippen LogP contribution in [0.3, 0.4) is 0 Å². The van der Waals surface area contributed by atoms with Gasteiger partial charge in [-0.1, -0.05) is 0 Å². The van der Waals surface area contributed by atoms with Gasteiger partial charge in [-0.15, -0.1) is 6.42 Å². The largest absolute Gasteiger partial charge is 0.342 e. The fourth-order valence-corrected chi connectivity index (χ4v) is 1.01. The molecule has 1 rings (SSSR count). The summed E-state index contributed by atoms with van der Waals surface area (Å²) in [6.45, 7) is 0. The van der Waals surface area contributed by atoms with Crippen LogP contribution in [0.5, 0.6) is 0 Å². The SMILES string of the molecule is C#CC(=O)NC1CC(N)C1. The molecule has 0 radical (unpaired) electrons. The maximum atomic E-state index is 10.5. The molecule has 0 bridgehead atoms. The molecule has 10 heavy (non-hydrogen) atoms. The predicted octanol–water partition coefficient (Wildman–Crippen LogP) is -0.775. The van der Waals surface area contributed by atoms with Gasteiger partial charge in [-0.2, -0.15) is 0 Å². The van der Waals surface area contributed by atoms with E-state index in [1.54, 1.807) is 0 Å². The molecule has 54 valence electrons. The minimum atomic E-state index is -0.336. The van der Waals surface area contributed by atoms with Gasteiger partial charge in [-0.05, 0) is 18.8 Å². The standard InChI is InChI=1S/C7H10N2O/c1-2-7(10)9-6-3-5(8)4-6/h1,5-6H,3-4,8H2,(H,9,10). The first kappa shape index (κ1) is 7.10. The van der Waals surface area contributed by atoms with Crippen LogP contribution in [-0.4, -0.2) is 18.0 Å². The Hall–Kier alpha value is -1.01. The average molecular weight is 138 g/mol. The Kier molecular flexibility index (Phi) is 1.93. The molecule has 0 aromatic heterocycles. The average Bonchev–Trinajstić information content (AvgIpc) is 1.84. The van der Waals surface area contributed by atoms with Gasteiger partial charge in [0.05, 0.1) is 0 Å². The van der Waals surface area contributed by atoms with Gasteiger partial charge in [0.2, 0.25) is 0 Å². The Morgan fingerprint density at radius 1 is 1.70 bits per heavy atom. The second-order valence-electron chi connectivity index (χ2n) is 2.55. The molecule has 0 atom stereocenters. The summed E-state index contributed by atoms with van der Waals surface area (Å²) in [6.07, 6.45) is 6.55. The van der Waals surface area contributed by atoms with E-state index in [1.807, 2.05) is 5.92 Å². The summed E-state index contributed by atoms with van der Waals surface area (Å²) in [4.78, 5) is 10.5. The van der Waals surface area contributed by atoms with Gasteiger partial charge < -0.3 is 11.1 Å². The van der Waals surface area contributed by atoms with Crippen LogP contribution in [0.15, 0.2) is 0 Å². The van der Waals surface area contributed by atoms with E-state index in [1.165, 1.54) is 0 Å². The van der Waals surface area contributed by atoms with Crippen LogP contribution in [0.1, 0.15) is 12.8 Å². The molecular weight excluding hydrogens is 128 g/mol. The lowest BCUT2D eigenvalue weighted by molar-refractivity contribution is -0.116. The van der Waals surface area contributed by atoms with Crippen LogP contribution in [0.2, 0.25) is 0 Å². The monoisotopic (exact) mass is 138 g/mol. The van der Waals surface area contributed by atoms with Crippen molar-refractivity contribution in [3.63, 3.8) is 0 Å². The third kappa shape index (κ3) is 1.49. The highest BCUT2D eigenvalue weighted by molar-refractivity contribution is 5.93. The summed E-state index contributed by atoms with van der Waals surface area (Å²) in [5.41, 5.74) is 5.48. The van der Waals surface area contributed by atoms with Crippen molar-refractivity contribution in [3.05, 3.63) is 0 Å². The van der Waals surface area contributed by atoms with E-state index >= 15 is 0 Å². The van der Waals surface area contributed by atoms with E-state index in [2.05, 4.69) is 5.32 Å². The highest BCUT2D eigenvalue weighted by atomic mass is 16.1. The minimum absolute atomic E-state index is 0.221. The molecule has 3 N–H and O–H groups in total. The van der Waals surface area contributed by atoms with Gasteiger partial charge >= 0.3 is 0 Å². The fraction of sp³-hybridized carbons (Fsp3) is 0.571. The number of amides is 1. The molecule has 3 heteroatoms. The Labute approximate surface area is 60.0 Å². The van der Waals surface area contributed by atoms with Gasteiger partial charge in [0.25, 0.3) is 5.91 Å². The molecule has 1 aliphatic carbocycles. The van der Waals surface area contributed by atoms with Crippen LogP contribution < -0.4 is 11.1 Å². The molecule has 1 aliphatic rings. The molecule has 0 aromatic carbocycles. The van der Waals surface area contributed by atoms with Crippen molar-refractivity contribution in [2.45, 2.75) is 24.9 Å². The smallest absolute Gasteiger partial charge is 0.295 e. The van der Waals surface area contributed by atoms with E-state index in [0.717, 1.165) is 12.8 Å². The zero-order valence-corrected chi connectivity index (χ0v) is 5.63. The molecule has 1 amide bonds. The molecule has 0 unspecified atom stereocenters. The number of nitrogens with one attached hydrogen (secondary N) is 1. The van der Waals surface area contributed by atoms with Crippen molar-refractivity contribution in [2.75, 3.05) is 0 Å². The Balaban J connectivity index is 2.18. The highest BCUT2D eigenvalue weighted by Crippen LogP contribution is 2.16. The molecule has 0 aliphatic heterocycles. The Bertz CT molecular complexity index is 177. The lowest BCUT2D eigenvalue weighted by Gasteiger charge is -2.32. The first-order valence-corrected chi connectivity index (χ1v) is 3.25. The van der Waals surface area contributed by atoms with Gasteiger partial charge in [-0.25, -0.2) is 0 Å². The van der Waals surface area contributed by atoms with Gasteiger partial charge in [0.15, 0.2) is 0 Å². The number of rotatable bonds is 1. The van der Waals surface area contributed by atoms with E-state index in [9.17, 15) is 4.79 Å². The molecule has 0 spiro atoms. The van der Waals surface area contributed by atoms with Crippen molar-refractivity contribution < 1.29 is 4.79 Å². The molecule has 0 aromatic rings. The molecule has 1 fully saturated rings. The summed E-state index contributed by atoms with van der Waals surface area (Å²) < 4.78 is 0. The second kappa shape index (κ2) is 2.72. The van der Waals surface area contributed by atoms with Crippen LogP contribution in [0.4, 0.5) is 0 Å². The van der Waals surface area contributed by atoms with Gasteiger partial charge in [-0.3, -0.25) is 4.79 Å². The Morgan fingerprint density at radius 2 is 2.30 bits per heavy atom. The number of hydrogen-bond acceptors (Lipinski definition) is 2. The molecule has 0 saturated heterocycles. The van der Waals surface area contributed by atoms with Crippen molar-refractivity contribution >= 4 is 5.91 Å². The van der Waals surface area contributed by atoms with Crippen LogP contribution >= 0.6 is 0 Å². The normalized spacial score (nSPS) is 30.0. The second-order valence-corrected chi connectivity index (χ2v) is 2.55. The summed E-state index contributed by atoms with van der Waals surface area (Å²) in [7, 11) is 0. The summed E-state index contributed by atoms with van der Waals surface area (Å²) >= 11 is 0. The topological polar surface area (TPSA) is 55.1 Å². The number of nitrogens with two attached hydrogens (primary N) is 1. The molecular formula is C7H10N2O. The predicted molar refractivity (Wildman–Crippen MR) is 38.0 cm³/mol. The maximum Gasteiger partial charge on any atom is 0.295 e. The van der Waals surface area contributed by atoms with Crippen molar-refractivity contribution in [1.82, 2.24) is 5.32 Å². The van der Waals surface area contributed by atoms with Crippen molar-refractivity contribution in [1.29, 1.82) is 0 Å². The summed E-state index contributed by atoms with van der Waals surface area (Å²) in [5, 5.41) is 2.64. The molecule has 1 saturated carbocycles. The summed E-state index contributed by atoms with van der Waals surface area (Å²) in [6, 6.07) is 0.474. The number of terminal acetylenes is 1. The number of carbonyl (C=O) groups excluding carboxylic acids is 1. The first-order valence-electron chi connectivity index (χ1n) is 3.25. The minimum Gasteiger partial charge on any atom is -0.342 e. The third-order valence-electron chi connectivity index (χ3n) is 1.64. The first-order chi connectivity index (χ1) is 4.72. The number of hydrogen-bond donors (Lipinski definition) is 2. The quantitative estimate of drug-likeness (QED) is 0.467. The fourth-order valence-electron chi connectivity index (χ4n) is 1.01. The van der Waals surface area contributed by atoms with E-state index in [0.29, 0.717) is 0 Å². The highest BCUT2D eigenvalue weighted by Gasteiger charge is 2.26. The van der Waals surface area contributed by atoms with Crippen LogP contribution in [-0.2, 0) is 4.79 Å². The van der Waals surface area contributed by atoms with Crippen LogP contribution in [0, 0.1) is 12.3 Å². The van der Waals surface area contributed by atoms with E-state index in [-0.39, 0.29) is 18.0 Å². The van der Waals surface area contributed by atoms with Crippen molar-refractivity contribution in [3.8, 4) is 12.3 Å². The lowest BCUT2D eigenvalue weighted by atomic mass is 9.88. The van der Waals surface area contributed by atoms with Gasteiger partial charge in [0, 0.05) is 12.1 Å². The number of carbonyl (C=O) groups is 1.